The standard InChI is InChI=1S/C15H29N3/c1-7-10-14(8-2)16-11(4)15-12(5)17-18(9-3)13(15)6/h11,14,16H,7-10H2,1-6H3. The van der Waals surface area contributed by atoms with Crippen LogP contribution in [0.5, 0.6) is 0 Å². The molecule has 2 unspecified atom stereocenters. The molecular formula is C15H29N3. The zero-order valence-electron chi connectivity index (χ0n) is 12.9. The molecular weight excluding hydrogens is 222 g/mol. The predicted molar refractivity (Wildman–Crippen MR) is 77.9 cm³/mol. The molecule has 0 aliphatic carbocycles. The highest BCUT2D eigenvalue weighted by Crippen LogP contribution is 2.22. The minimum atomic E-state index is 0.391. The molecule has 3 nitrogen and oxygen atoms in total. The molecule has 3 heteroatoms. The monoisotopic (exact) mass is 251 g/mol. The maximum absolute atomic E-state index is 4.61. The first-order valence-electron chi connectivity index (χ1n) is 7.34. The number of aryl methyl sites for hydroxylation is 2. The Hall–Kier alpha value is -0.830. The van der Waals surface area contributed by atoms with Gasteiger partial charge in [0.1, 0.15) is 0 Å². The van der Waals surface area contributed by atoms with E-state index in [9.17, 15) is 0 Å². The van der Waals surface area contributed by atoms with Crippen molar-refractivity contribution in [2.75, 3.05) is 0 Å². The summed E-state index contributed by atoms with van der Waals surface area (Å²) in [6.07, 6.45) is 3.68. The summed E-state index contributed by atoms with van der Waals surface area (Å²) in [7, 11) is 0. The van der Waals surface area contributed by atoms with Gasteiger partial charge >= 0.3 is 0 Å². The molecule has 1 heterocycles. The summed E-state index contributed by atoms with van der Waals surface area (Å²) in [5.74, 6) is 0. The average Bonchev–Trinajstić information content (AvgIpc) is 2.63. The molecule has 1 rings (SSSR count). The maximum Gasteiger partial charge on any atom is 0.0644 e. The van der Waals surface area contributed by atoms with E-state index in [1.807, 2.05) is 0 Å². The molecule has 0 saturated carbocycles. The van der Waals surface area contributed by atoms with E-state index in [1.54, 1.807) is 0 Å². The van der Waals surface area contributed by atoms with Crippen LogP contribution in [0.2, 0.25) is 0 Å². The molecule has 0 spiro atoms. The Bertz CT molecular complexity index is 368. The Kier molecular flexibility index (Phi) is 5.86. The molecule has 0 aromatic carbocycles. The van der Waals surface area contributed by atoms with Crippen molar-refractivity contribution in [3.05, 3.63) is 17.0 Å². The van der Waals surface area contributed by atoms with Crippen LogP contribution in [0, 0.1) is 13.8 Å². The molecule has 0 saturated heterocycles. The van der Waals surface area contributed by atoms with Gasteiger partial charge in [-0.3, -0.25) is 4.68 Å². The zero-order valence-corrected chi connectivity index (χ0v) is 12.9. The third kappa shape index (κ3) is 3.35. The molecule has 0 aliphatic heterocycles. The molecule has 1 N–H and O–H groups in total. The second-order valence-corrected chi connectivity index (χ2v) is 5.18. The minimum absolute atomic E-state index is 0.391. The van der Waals surface area contributed by atoms with Gasteiger partial charge in [-0.2, -0.15) is 5.10 Å². The van der Waals surface area contributed by atoms with Gasteiger partial charge in [0.15, 0.2) is 0 Å². The van der Waals surface area contributed by atoms with Gasteiger partial charge in [0.05, 0.1) is 5.69 Å². The van der Waals surface area contributed by atoms with Crippen molar-refractivity contribution < 1.29 is 0 Å². The van der Waals surface area contributed by atoms with Gasteiger partial charge in [-0.25, -0.2) is 0 Å². The van der Waals surface area contributed by atoms with E-state index in [-0.39, 0.29) is 0 Å². The lowest BCUT2D eigenvalue weighted by Crippen LogP contribution is -2.31. The molecule has 1 aromatic heterocycles. The van der Waals surface area contributed by atoms with Crippen LogP contribution in [0.15, 0.2) is 0 Å². The molecule has 18 heavy (non-hydrogen) atoms. The van der Waals surface area contributed by atoms with E-state index >= 15 is 0 Å². The van der Waals surface area contributed by atoms with Crippen molar-refractivity contribution in [1.82, 2.24) is 15.1 Å². The fourth-order valence-electron chi connectivity index (χ4n) is 2.84. The van der Waals surface area contributed by atoms with Gasteiger partial charge < -0.3 is 5.32 Å². The Morgan fingerprint density at radius 2 is 1.89 bits per heavy atom. The number of rotatable bonds is 7. The first-order valence-corrected chi connectivity index (χ1v) is 7.34. The SMILES string of the molecule is CCCC(CC)NC(C)c1c(C)nn(CC)c1C. The first kappa shape index (κ1) is 15.2. The topological polar surface area (TPSA) is 29.9 Å². The Morgan fingerprint density at radius 3 is 2.33 bits per heavy atom. The van der Waals surface area contributed by atoms with Crippen LogP contribution in [0.1, 0.15) is 70.0 Å². The maximum atomic E-state index is 4.61. The minimum Gasteiger partial charge on any atom is -0.307 e. The van der Waals surface area contributed by atoms with E-state index in [0.29, 0.717) is 12.1 Å². The lowest BCUT2D eigenvalue weighted by atomic mass is 10.0. The molecule has 0 radical (unpaired) electrons. The first-order chi connectivity index (χ1) is 8.54. The number of hydrogen-bond donors (Lipinski definition) is 1. The normalized spacial score (nSPS) is 14.8. The highest BCUT2D eigenvalue weighted by Gasteiger charge is 2.18. The number of aromatic nitrogens is 2. The number of nitrogens with one attached hydrogen (secondary N) is 1. The molecule has 0 amide bonds. The summed E-state index contributed by atoms with van der Waals surface area (Å²) in [6.45, 7) is 14.2. The van der Waals surface area contributed by atoms with Gasteiger partial charge in [0.2, 0.25) is 0 Å². The lowest BCUT2D eigenvalue weighted by Gasteiger charge is -2.22. The molecule has 0 fully saturated rings. The second kappa shape index (κ2) is 6.93. The van der Waals surface area contributed by atoms with Gasteiger partial charge in [0, 0.05) is 29.9 Å². The van der Waals surface area contributed by atoms with E-state index in [4.69, 9.17) is 0 Å². The van der Waals surface area contributed by atoms with Gasteiger partial charge in [-0.15, -0.1) is 0 Å². The highest BCUT2D eigenvalue weighted by atomic mass is 15.3. The van der Waals surface area contributed by atoms with E-state index in [0.717, 1.165) is 6.54 Å². The van der Waals surface area contributed by atoms with Gasteiger partial charge in [-0.05, 0) is 40.5 Å². The number of nitrogens with zero attached hydrogens (tertiary/aromatic N) is 2. The Morgan fingerprint density at radius 1 is 1.22 bits per heavy atom. The Labute approximate surface area is 112 Å². The van der Waals surface area contributed by atoms with Crippen LogP contribution in [0.4, 0.5) is 0 Å². The summed E-state index contributed by atoms with van der Waals surface area (Å²) in [5, 5.41) is 8.36. The van der Waals surface area contributed by atoms with Crippen molar-refractivity contribution in [3.8, 4) is 0 Å². The largest absolute Gasteiger partial charge is 0.307 e. The molecule has 1 aromatic rings. The fraction of sp³-hybridized carbons (Fsp3) is 0.800. The van der Waals surface area contributed by atoms with Crippen LogP contribution >= 0.6 is 0 Å². The van der Waals surface area contributed by atoms with Gasteiger partial charge in [0.25, 0.3) is 0 Å². The molecule has 104 valence electrons. The van der Waals surface area contributed by atoms with Gasteiger partial charge in [-0.1, -0.05) is 20.3 Å². The average molecular weight is 251 g/mol. The van der Waals surface area contributed by atoms with E-state index in [2.05, 4.69) is 56.6 Å². The van der Waals surface area contributed by atoms with Crippen LogP contribution in [0.3, 0.4) is 0 Å². The summed E-state index contributed by atoms with van der Waals surface area (Å²) < 4.78 is 2.10. The highest BCUT2D eigenvalue weighted by molar-refractivity contribution is 5.27. The molecule has 2 atom stereocenters. The van der Waals surface area contributed by atoms with E-state index < -0.39 is 0 Å². The van der Waals surface area contributed by atoms with E-state index in [1.165, 1.54) is 36.2 Å². The van der Waals surface area contributed by atoms with Crippen LogP contribution in [0.25, 0.3) is 0 Å². The predicted octanol–water partition coefficient (Wildman–Crippen LogP) is 3.75. The van der Waals surface area contributed by atoms with Crippen molar-refractivity contribution in [2.45, 2.75) is 79.4 Å². The summed E-state index contributed by atoms with van der Waals surface area (Å²) in [6, 6.07) is 1.01. The van der Waals surface area contributed by atoms with Crippen molar-refractivity contribution in [2.24, 2.45) is 0 Å². The summed E-state index contributed by atoms with van der Waals surface area (Å²) >= 11 is 0. The summed E-state index contributed by atoms with van der Waals surface area (Å²) in [5.41, 5.74) is 3.86. The van der Waals surface area contributed by atoms with Crippen molar-refractivity contribution >= 4 is 0 Å². The van der Waals surface area contributed by atoms with Crippen molar-refractivity contribution in [3.63, 3.8) is 0 Å². The van der Waals surface area contributed by atoms with Crippen LogP contribution in [-0.4, -0.2) is 15.8 Å². The number of hydrogen-bond acceptors (Lipinski definition) is 2. The smallest absolute Gasteiger partial charge is 0.0644 e. The molecule has 0 bridgehead atoms. The second-order valence-electron chi connectivity index (χ2n) is 5.18. The molecule has 0 aliphatic rings. The Balaban J connectivity index is 2.83. The van der Waals surface area contributed by atoms with Crippen LogP contribution in [-0.2, 0) is 6.54 Å². The zero-order chi connectivity index (χ0) is 13.7. The van der Waals surface area contributed by atoms with Crippen LogP contribution < -0.4 is 5.32 Å². The van der Waals surface area contributed by atoms with Crippen molar-refractivity contribution in [1.29, 1.82) is 0 Å². The lowest BCUT2D eigenvalue weighted by molar-refractivity contribution is 0.415. The fourth-order valence-corrected chi connectivity index (χ4v) is 2.84. The third-order valence-electron chi connectivity index (χ3n) is 3.79. The third-order valence-corrected chi connectivity index (χ3v) is 3.79. The quantitative estimate of drug-likeness (QED) is 0.800. The summed E-state index contributed by atoms with van der Waals surface area (Å²) in [4.78, 5) is 0.